The molecule has 98 valence electrons. The predicted molar refractivity (Wildman–Crippen MR) is 68.0 cm³/mol. The van der Waals surface area contributed by atoms with Gasteiger partial charge in [-0.15, -0.1) is 0 Å². The summed E-state index contributed by atoms with van der Waals surface area (Å²) in [7, 11) is 0. The fourth-order valence-corrected chi connectivity index (χ4v) is 2.22. The molecule has 0 amide bonds. The highest BCUT2D eigenvalue weighted by Crippen LogP contribution is 2.21. The van der Waals surface area contributed by atoms with E-state index in [0.29, 0.717) is 5.56 Å². The van der Waals surface area contributed by atoms with Crippen molar-refractivity contribution in [3.8, 4) is 0 Å². The quantitative estimate of drug-likeness (QED) is 0.822. The molecule has 1 aromatic rings. The van der Waals surface area contributed by atoms with Gasteiger partial charge in [-0.1, -0.05) is 30.3 Å². The summed E-state index contributed by atoms with van der Waals surface area (Å²) >= 11 is 0. The van der Waals surface area contributed by atoms with E-state index in [1.165, 1.54) is 0 Å². The highest BCUT2D eigenvalue weighted by Gasteiger charge is 2.24. The maximum absolute atomic E-state index is 11.8. The summed E-state index contributed by atoms with van der Waals surface area (Å²) in [5, 5.41) is 9.86. The largest absolute Gasteiger partial charge is 0.380 e. The molecule has 4 nitrogen and oxygen atoms in total. The van der Waals surface area contributed by atoms with Crippen LogP contribution < -0.4 is 5.73 Å². The van der Waals surface area contributed by atoms with Crippen molar-refractivity contribution in [3.05, 3.63) is 35.9 Å². The number of hydrogen-bond acceptors (Lipinski definition) is 4. The molecule has 3 N–H and O–H groups in total. The molecule has 0 saturated heterocycles. The topological polar surface area (TPSA) is 72.5 Å². The third kappa shape index (κ3) is 3.38. The molecular formula is C14H19NO3. The van der Waals surface area contributed by atoms with E-state index in [0.717, 1.165) is 19.3 Å². The van der Waals surface area contributed by atoms with Gasteiger partial charge in [-0.05, 0) is 24.8 Å². The summed E-state index contributed by atoms with van der Waals surface area (Å²) in [5.41, 5.74) is 6.37. The first-order valence-electron chi connectivity index (χ1n) is 6.29. The summed E-state index contributed by atoms with van der Waals surface area (Å²) in [4.78, 5) is 11.8. The smallest absolute Gasteiger partial charge is 0.191 e. The second-order valence-electron chi connectivity index (χ2n) is 4.79. The van der Waals surface area contributed by atoms with Crippen molar-refractivity contribution in [1.29, 1.82) is 0 Å². The van der Waals surface area contributed by atoms with E-state index in [9.17, 15) is 9.90 Å². The number of carbonyl (C=O) groups excluding carboxylic acids is 1. The Morgan fingerprint density at radius 3 is 2.72 bits per heavy atom. The highest BCUT2D eigenvalue weighted by molar-refractivity contribution is 5.85. The van der Waals surface area contributed by atoms with Crippen LogP contribution in [-0.2, 0) is 9.53 Å². The van der Waals surface area contributed by atoms with Crippen molar-refractivity contribution in [2.24, 2.45) is 5.73 Å². The predicted octanol–water partition coefficient (Wildman–Crippen LogP) is 1.19. The molecule has 3 unspecified atom stereocenters. The SMILES string of the molecule is NC1CCC(OCC(=O)C(O)c2ccccc2)C1. The van der Waals surface area contributed by atoms with Crippen LogP contribution in [-0.4, -0.2) is 29.6 Å². The first kappa shape index (κ1) is 13.2. The minimum atomic E-state index is -1.10. The van der Waals surface area contributed by atoms with Gasteiger partial charge in [0.15, 0.2) is 5.78 Å². The number of benzene rings is 1. The summed E-state index contributed by atoms with van der Waals surface area (Å²) in [6.07, 6.45) is 1.61. The van der Waals surface area contributed by atoms with E-state index in [-0.39, 0.29) is 24.5 Å². The molecule has 0 aliphatic heterocycles. The molecule has 3 atom stereocenters. The van der Waals surface area contributed by atoms with Gasteiger partial charge in [0.2, 0.25) is 0 Å². The Balaban J connectivity index is 1.81. The number of rotatable bonds is 5. The number of Topliss-reactive ketones (excluding diaryl/α,β-unsaturated/α-hetero) is 1. The number of aliphatic hydroxyl groups excluding tert-OH is 1. The van der Waals surface area contributed by atoms with Crippen LogP contribution in [0.2, 0.25) is 0 Å². The highest BCUT2D eigenvalue weighted by atomic mass is 16.5. The zero-order valence-corrected chi connectivity index (χ0v) is 10.3. The lowest BCUT2D eigenvalue weighted by Crippen LogP contribution is -2.23. The molecule has 0 aromatic heterocycles. The summed E-state index contributed by atoms with van der Waals surface area (Å²) < 4.78 is 5.49. The number of carbonyl (C=O) groups is 1. The van der Waals surface area contributed by atoms with E-state index in [1.54, 1.807) is 24.3 Å². The Morgan fingerprint density at radius 1 is 1.39 bits per heavy atom. The number of aliphatic hydroxyl groups is 1. The van der Waals surface area contributed by atoms with Crippen molar-refractivity contribution in [2.45, 2.75) is 37.5 Å². The molecule has 18 heavy (non-hydrogen) atoms. The minimum absolute atomic E-state index is 0.0482. The van der Waals surface area contributed by atoms with Gasteiger partial charge in [-0.25, -0.2) is 0 Å². The molecule has 4 heteroatoms. The molecule has 1 saturated carbocycles. The molecule has 0 heterocycles. The van der Waals surface area contributed by atoms with E-state index in [2.05, 4.69) is 0 Å². The van der Waals surface area contributed by atoms with Crippen LogP contribution in [0.25, 0.3) is 0 Å². The summed E-state index contributed by atoms with van der Waals surface area (Å²) in [6.45, 7) is -0.0482. The zero-order valence-electron chi connectivity index (χ0n) is 10.3. The average molecular weight is 249 g/mol. The molecule has 0 radical (unpaired) electrons. The lowest BCUT2D eigenvalue weighted by Gasteiger charge is -2.13. The number of hydrogen-bond donors (Lipinski definition) is 2. The van der Waals surface area contributed by atoms with Crippen molar-refractivity contribution in [2.75, 3.05) is 6.61 Å². The monoisotopic (exact) mass is 249 g/mol. The Kier molecular flexibility index (Phi) is 4.47. The van der Waals surface area contributed by atoms with Crippen molar-refractivity contribution in [3.63, 3.8) is 0 Å². The maximum Gasteiger partial charge on any atom is 0.191 e. The van der Waals surface area contributed by atoms with Crippen LogP contribution >= 0.6 is 0 Å². The van der Waals surface area contributed by atoms with Crippen LogP contribution in [0.5, 0.6) is 0 Å². The van der Waals surface area contributed by atoms with Crippen LogP contribution in [0.1, 0.15) is 30.9 Å². The van der Waals surface area contributed by atoms with Gasteiger partial charge in [-0.3, -0.25) is 4.79 Å². The third-order valence-electron chi connectivity index (χ3n) is 3.31. The van der Waals surface area contributed by atoms with Crippen molar-refractivity contribution >= 4 is 5.78 Å². The van der Waals surface area contributed by atoms with Crippen LogP contribution in [0.15, 0.2) is 30.3 Å². The molecule has 2 rings (SSSR count). The average Bonchev–Trinajstić information content (AvgIpc) is 2.82. The first-order chi connectivity index (χ1) is 8.66. The van der Waals surface area contributed by atoms with Gasteiger partial charge in [0.05, 0.1) is 6.10 Å². The van der Waals surface area contributed by atoms with Crippen molar-refractivity contribution < 1.29 is 14.6 Å². The molecule has 0 bridgehead atoms. The first-order valence-corrected chi connectivity index (χ1v) is 6.29. The number of ether oxygens (including phenoxy) is 1. The van der Waals surface area contributed by atoms with E-state index in [1.807, 2.05) is 6.07 Å². The van der Waals surface area contributed by atoms with Gasteiger partial charge < -0.3 is 15.6 Å². The van der Waals surface area contributed by atoms with Crippen LogP contribution in [0.3, 0.4) is 0 Å². The minimum Gasteiger partial charge on any atom is -0.380 e. The van der Waals surface area contributed by atoms with E-state index >= 15 is 0 Å². The maximum atomic E-state index is 11.8. The number of nitrogens with two attached hydrogens (primary N) is 1. The van der Waals surface area contributed by atoms with Crippen LogP contribution in [0.4, 0.5) is 0 Å². The summed E-state index contributed by atoms with van der Waals surface area (Å²) in [5.74, 6) is -0.304. The third-order valence-corrected chi connectivity index (χ3v) is 3.31. The van der Waals surface area contributed by atoms with Gasteiger partial charge in [0.25, 0.3) is 0 Å². The second kappa shape index (κ2) is 6.09. The molecule has 1 aliphatic rings. The fourth-order valence-electron chi connectivity index (χ4n) is 2.22. The van der Waals surface area contributed by atoms with Crippen LogP contribution in [0, 0.1) is 0 Å². The standard InChI is InChI=1S/C14H19NO3/c15-11-6-7-12(8-11)18-9-13(16)14(17)10-4-2-1-3-5-10/h1-5,11-12,14,17H,6-9,15H2. The van der Waals surface area contributed by atoms with Gasteiger partial charge in [0.1, 0.15) is 12.7 Å². The van der Waals surface area contributed by atoms with Gasteiger partial charge >= 0.3 is 0 Å². The Labute approximate surface area is 107 Å². The van der Waals surface area contributed by atoms with E-state index in [4.69, 9.17) is 10.5 Å². The van der Waals surface area contributed by atoms with Gasteiger partial charge in [-0.2, -0.15) is 0 Å². The molecule has 1 aliphatic carbocycles. The fraction of sp³-hybridized carbons (Fsp3) is 0.500. The second-order valence-corrected chi connectivity index (χ2v) is 4.79. The Hall–Kier alpha value is -1.23. The molecule has 0 spiro atoms. The van der Waals surface area contributed by atoms with Gasteiger partial charge in [0, 0.05) is 6.04 Å². The number of ketones is 1. The lowest BCUT2D eigenvalue weighted by molar-refractivity contribution is -0.134. The normalized spacial score (nSPS) is 25.0. The van der Waals surface area contributed by atoms with Crippen molar-refractivity contribution in [1.82, 2.24) is 0 Å². The molecular weight excluding hydrogens is 230 g/mol. The van der Waals surface area contributed by atoms with E-state index < -0.39 is 6.10 Å². The molecule has 1 aromatic carbocycles. The Morgan fingerprint density at radius 2 is 2.11 bits per heavy atom. The Bertz CT molecular complexity index is 393. The molecule has 1 fully saturated rings. The zero-order chi connectivity index (χ0) is 13.0. The lowest BCUT2D eigenvalue weighted by atomic mass is 10.1. The summed E-state index contributed by atoms with van der Waals surface area (Å²) in [6, 6.07) is 9.08.